The molecule has 3 aliphatic rings. The Morgan fingerprint density at radius 3 is 2.27 bits per heavy atom. The second-order valence-electron chi connectivity index (χ2n) is 8.11. The SMILES string of the molecule is CN1CCN(C(=O)[C@H]2CCCN(C3CCN(C(=O)CCN)CC3)C2)CC1. The number of hydrogen-bond donors (Lipinski definition) is 1. The molecule has 3 saturated heterocycles. The lowest BCUT2D eigenvalue weighted by Gasteiger charge is -2.43. The Morgan fingerprint density at radius 1 is 0.923 bits per heavy atom. The van der Waals surface area contributed by atoms with Crippen LogP contribution in [0.25, 0.3) is 0 Å². The maximum absolute atomic E-state index is 12.9. The van der Waals surface area contributed by atoms with Crippen LogP contribution < -0.4 is 5.73 Å². The number of carbonyl (C=O) groups excluding carboxylic acids is 2. The highest BCUT2D eigenvalue weighted by atomic mass is 16.2. The number of nitrogens with zero attached hydrogens (tertiary/aromatic N) is 4. The molecule has 2 N–H and O–H groups in total. The molecule has 0 aliphatic carbocycles. The Kier molecular flexibility index (Phi) is 6.89. The van der Waals surface area contributed by atoms with Crippen molar-refractivity contribution in [1.82, 2.24) is 19.6 Å². The Morgan fingerprint density at radius 2 is 1.62 bits per heavy atom. The van der Waals surface area contributed by atoms with Crippen LogP contribution in [0.1, 0.15) is 32.1 Å². The molecule has 148 valence electrons. The molecule has 0 bridgehead atoms. The predicted octanol–water partition coefficient (Wildman–Crippen LogP) is -0.188. The third kappa shape index (κ3) is 4.75. The molecule has 0 saturated carbocycles. The third-order valence-corrected chi connectivity index (χ3v) is 6.31. The van der Waals surface area contributed by atoms with Crippen LogP contribution in [0, 0.1) is 5.92 Å². The van der Waals surface area contributed by atoms with Gasteiger partial charge in [0, 0.05) is 64.8 Å². The fourth-order valence-corrected chi connectivity index (χ4v) is 4.59. The van der Waals surface area contributed by atoms with Gasteiger partial charge in [0.25, 0.3) is 0 Å². The van der Waals surface area contributed by atoms with Crippen LogP contribution in [-0.4, -0.2) is 103 Å². The molecular weight excluding hydrogens is 330 g/mol. The molecule has 3 aliphatic heterocycles. The molecule has 3 fully saturated rings. The van der Waals surface area contributed by atoms with Crippen LogP contribution in [0.3, 0.4) is 0 Å². The maximum Gasteiger partial charge on any atom is 0.227 e. The third-order valence-electron chi connectivity index (χ3n) is 6.31. The molecule has 3 rings (SSSR count). The highest BCUT2D eigenvalue weighted by molar-refractivity contribution is 5.79. The Balaban J connectivity index is 1.48. The van der Waals surface area contributed by atoms with E-state index < -0.39 is 0 Å². The first-order chi connectivity index (χ1) is 12.6. The van der Waals surface area contributed by atoms with E-state index in [4.69, 9.17) is 5.73 Å². The quantitative estimate of drug-likeness (QED) is 0.748. The van der Waals surface area contributed by atoms with E-state index in [9.17, 15) is 9.59 Å². The van der Waals surface area contributed by atoms with E-state index in [2.05, 4.69) is 21.7 Å². The largest absolute Gasteiger partial charge is 0.343 e. The minimum Gasteiger partial charge on any atom is -0.343 e. The molecule has 0 radical (unpaired) electrons. The number of likely N-dealkylation sites (N-methyl/N-ethyl adjacent to an activating group) is 1. The van der Waals surface area contributed by atoms with Gasteiger partial charge in [-0.15, -0.1) is 0 Å². The van der Waals surface area contributed by atoms with Crippen molar-refractivity contribution in [3.8, 4) is 0 Å². The van der Waals surface area contributed by atoms with Crippen molar-refractivity contribution in [3.63, 3.8) is 0 Å². The molecule has 0 spiro atoms. The van der Waals surface area contributed by atoms with Gasteiger partial charge in [-0.1, -0.05) is 0 Å². The fraction of sp³-hybridized carbons (Fsp3) is 0.895. The van der Waals surface area contributed by atoms with Crippen LogP contribution in [-0.2, 0) is 9.59 Å². The average molecular weight is 366 g/mol. The van der Waals surface area contributed by atoms with E-state index in [1.54, 1.807) is 0 Å². The first-order valence-electron chi connectivity index (χ1n) is 10.3. The van der Waals surface area contributed by atoms with Crippen LogP contribution >= 0.6 is 0 Å². The van der Waals surface area contributed by atoms with Gasteiger partial charge in [-0.3, -0.25) is 14.5 Å². The summed E-state index contributed by atoms with van der Waals surface area (Å²) in [6, 6.07) is 0.514. The monoisotopic (exact) mass is 365 g/mol. The van der Waals surface area contributed by atoms with Gasteiger partial charge in [0.2, 0.25) is 11.8 Å². The number of piperidine rings is 2. The Hall–Kier alpha value is -1.18. The van der Waals surface area contributed by atoms with E-state index in [0.717, 1.165) is 78.0 Å². The molecular formula is C19H35N5O2. The smallest absolute Gasteiger partial charge is 0.227 e. The number of amides is 2. The van der Waals surface area contributed by atoms with Gasteiger partial charge < -0.3 is 20.4 Å². The zero-order valence-corrected chi connectivity index (χ0v) is 16.2. The van der Waals surface area contributed by atoms with Gasteiger partial charge in [0.15, 0.2) is 0 Å². The van der Waals surface area contributed by atoms with Crippen molar-refractivity contribution in [3.05, 3.63) is 0 Å². The molecule has 2 amide bonds. The highest BCUT2D eigenvalue weighted by Crippen LogP contribution is 2.25. The first kappa shape index (κ1) is 19.6. The molecule has 7 heteroatoms. The second kappa shape index (κ2) is 9.15. The Labute approximate surface area is 157 Å². The molecule has 0 aromatic carbocycles. The molecule has 0 aromatic rings. The number of likely N-dealkylation sites (tertiary alicyclic amines) is 2. The number of carbonyl (C=O) groups is 2. The molecule has 0 unspecified atom stereocenters. The summed E-state index contributed by atoms with van der Waals surface area (Å²) in [5.41, 5.74) is 5.50. The van der Waals surface area contributed by atoms with Gasteiger partial charge in [-0.05, 0) is 39.3 Å². The van der Waals surface area contributed by atoms with Crippen LogP contribution in [0.2, 0.25) is 0 Å². The lowest BCUT2D eigenvalue weighted by atomic mass is 9.92. The lowest BCUT2D eigenvalue weighted by Crippen LogP contribution is -2.54. The summed E-state index contributed by atoms with van der Waals surface area (Å²) in [4.78, 5) is 33.8. The summed E-state index contributed by atoms with van der Waals surface area (Å²) in [6.07, 6.45) is 4.62. The summed E-state index contributed by atoms with van der Waals surface area (Å²) in [5.74, 6) is 0.704. The lowest BCUT2D eigenvalue weighted by molar-refractivity contribution is -0.139. The molecule has 0 aromatic heterocycles. The van der Waals surface area contributed by atoms with Gasteiger partial charge in [0.05, 0.1) is 5.92 Å². The molecule has 26 heavy (non-hydrogen) atoms. The minimum atomic E-state index is 0.157. The second-order valence-corrected chi connectivity index (χ2v) is 8.11. The Bertz CT molecular complexity index is 484. The van der Waals surface area contributed by atoms with Gasteiger partial charge in [-0.2, -0.15) is 0 Å². The average Bonchev–Trinajstić information content (AvgIpc) is 2.68. The van der Waals surface area contributed by atoms with Crippen LogP contribution in [0.15, 0.2) is 0 Å². The van der Waals surface area contributed by atoms with Crippen molar-refractivity contribution in [2.45, 2.75) is 38.1 Å². The number of piperazine rings is 1. The fourth-order valence-electron chi connectivity index (χ4n) is 4.59. The number of hydrogen-bond acceptors (Lipinski definition) is 5. The topological polar surface area (TPSA) is 73.1 Å². The van der Waals surface area contributed by atoms with E-state index in [1.807, 2.05) is 4.90 Å². The first-order valence-corrected chi connectivity index (χ1v) is 10.3. The van der Waals surface area contributed by atoms with Crippen molar-refractivity contribution in [1.29, 1.82) is 0 Å². The molecule has 3 heterocycles. The van der Waals surface area contributed by atoms with Crippen molar-refractivity contribution >= 4 is 11.8 Å². The van der Waals surface area contributed by atoms with E-state index in [0.29, 0.717) is 24.9 Å². The maximum atomic E-state index is 12.9. The summed E-state index contributed by atoms with van der Waals surface area (Å²) >= 11 is 0. The summed E-state index contributed by atoms with van der Waals surface area (Å²) < 4.78 is 0. The van der Waals surface area contributed by atoms with Crippen molar-refractivity contribution < 1.29 is 9.59 Å². The predicted molar refractivity (Wildman–Crippen MR) is 102 cm³/mol. The zero-order chi connectivity index (χ0) is 18.5. The number of nitrogens with two attached hydrogens (primary N) is 1. The van der Waals surface area contributed by atoms with Gasteiger partial charge >= 0.3 is 0 Å². The van der Waals surface area contributed by atoms with E-state index in [1.165, 1.54) is 0 Å². The highest BCUT2D eigenvalue weighted by Gasteiger charge is 2.34. The minimum absolute atomic E-state index is 0.157. The van der Waals surface area contributed by atoms with E-state index >= 15 is 0 Å². The number of rotatable bonds is 4. The van der Waals surface area contributed by atoms with Crippen LogP contribution in [0.5, 0.6) is 0 Å². The molecule has 1 atom stereocenters. The van der Waals surface area contributed by atoms with Crippen molar-refractivity contribution in [2.24, 2.45) is 11.7 Å². The molecule has 7 nitrogen and oxygen atoms in total. The summed E-state index contributed by atoms with van der Waals surface area (Å²) in [5, 5.41) is 0. The van der Waals surface area contributed by atoms with E-state index in [-0.39, 0.29) is 11.8 Å². The standard InChI is InChI=1S/C19H35N5O2/c1-21-11-13-23(14-12-21)19(26)16-3-2-8-24(15-16)17-5-9-22(10-6-17)18(25)4-7-20/h16-17H,2-15,20H2,1H3/t16-/m0/s1. The summed E-state index contributed by atoms with van der Waals surface area (Å²) in [7, 11) is 2.12. The van der Waals surface area contributed by atoms with Crippen molar-refractivity contribution in [2.75, 3.05) is 66.0 Å². The normalized spacial score (nSPS) is 26.9. The van der Waals surface area contributed by atoms with Gasteiger partial charge in [0.1, 0.15) is 0 Å². The summed E-state index contributed by atoms with van der Waals surface area (Å²) in [6.45, 7) is 7.78. The zero-order valence-electron chi connectivity index (χ0n) is 16.2. The van der Waals surface area contributed by atoms with Gasteiger partial charge in [-0.25, -0.2) is 0 Å². The van der Waals surface area contributed by atoms with Crippen LogP contribution in [0.4, 0.5) is 0 Å².